The lowest BCUT2D eigenvalue weighted by Gasteiger charge is -2.35. The van der Waals surface area contributed by atoms with Crippen molar-refractivity contribution in [3.63, 3.8) is 0 Å². The summed E-state index contributed by atoms with van der Waals surface area (Å²) in [5.74, 6) is -0.489. The fraction of sp³-hybridized carbons (Fsp3) is 0.393. The number of imidazole rings is 2. The zero-order valence-corrected chi connectivity index (χ0v) is 21.7. The predicted octanol–water partition coefficient (Wildman–Crippen LogP) is 4.43. The van der Waals surface area contributed by atoms with E-state index in [4.69, 9.17) is 4.74 Å². The minimum absolute atomic E-state index is 0.00524. The number of amides is 1. The van der Waals surface area contributed by atoms with E-state index < -0.39 is 17.4 Å². The number of ether oxygens (including phenoxy) is 1. The molecule has 0 spiro atoms. The smallest absolute Gasteiger partial charge is 0.254 e. The van der Waals surface area contributed by atoms with Crippen molar-refractivity contribution < 1.29 is 18.3 Å². The van der Waals surface area contributed by atoms with Gasteiger partial charge in [-0.1, -0.05) is 0 Å². The molecule has 1 saturated carbocycles. The van der Waals surface area contributed by atoms with Crippen LogP contribution in [0.4, 0.5) is 8.78 Å². The van der Waals surface area contributed by atoms with Gasteiger partial charge in [-0.15, -0.1) is 0 Å². The van der Waals surface area contributed by atoms with Crippen LogP contribution >= 0.6 is 0 Å². The predicted molar refractivity (Wildman–Crippen MR) is 139 cm³/mol. The van der Waals surface area contributed by atoms with E-state index in [1.807, 2.05) is 11.4 Å². The average Bonchev–Trinajstić information content (AvgIpc) is 3.41. The second-order valence-corrected chi connectivity index (χ2v) is 10.4. The van der Waals surface area contributed by atoms with Gasteiger partial charge in [0.05, 0.1) is 36.6 Å². The molecule has 4 heterocycles. The van der Waals surface area contributed by atoms with Crippen molar-refractivity contribution in [2.75, 3.05) is 27.2 Å². The Labute approximate surface area is 219 Å². The molecule has 1 amide bonds. The number of halogens is 2. The van der Waals surface area contributed by atoms with Crippen LogP contribution in [0.3, 0.4) is 0 Å². The van der Waals surface area contributed by atoms with E-state index in [0.29, 0.717) is 65.5 Å². The van der Waals surface area contributed by atoms with Gasteiger partial charge < -0.3 is 19.5 Å². The molecule has 1 aliphatic heterocycles. The Balaban J connectivity index is 1.38. The number of carbonyl (C=O) groups is 1. The Hall–Kier alpha value is -3.79. The van der Waals surface area contributed by atoms with E-state index in [1.165, 1.54) is 6.07 Å². The molecule has 4 aromatic rings. The summed E-state index contributed by atoms with van der Waals surface area (Å²) in [6, 6.07) is 4.80. The monoisotopic (exact) mass is 520 g/mol. The number of nitrogens with one attached hydrogen (secondary N) is 1. The number of aromatic nitrogens is 4. The number of methoxy groups -OCH3 is 1. The molecule has 6 rings (SSSR count). The van der Waals surface area contributed by atoms with Crippen LogP contribution in [-0.2, 0) is 5.67 Å². The van der Waals surface area contributed by atoms with Crippen molar-refractivity contribution in [2.45, 2.75) is 44.3 Å². The summed E-state index contributed by atoms with van der Waals surface area (Å²) in [5, 5.41) is 2.84. The summed E-state index contributed by atoms with van der Waals surface area (Å²) in [4.78, 5) is 23.8. The highest BCUT2D eigenvalue weighted by molar-refractivity contribution is 5.95. The Morgan fingerprint density at radius 2 is 1.92 bits per heavy atom. The van der Waals surface area contributed by atoms with Gasteiger partial charge in [0.1, 0.15) is 28.6 Å². The SMILES string of the molecule is COc1cc2ncc(-c3cn(-c4cc(C(=O)NC5CC5)c(F)cc4C)cn3)n2cc1C1(F)CCN(C)CC1. The van der Waals surface area contributed by atoms with Gasteiger partial charge in [-0.25, -0.2) is 18.7 Å². The Morgan fingerprint density at radius 1 is 1.16 bits per heavy atom. The Bertz CT molecular complexity index is 1530. The molecule has 1 N–H and O–H groups in total. The van der Waals surface area contributed by atoms with E-state index in [0.717, 1.165) is 12.8 Å². The summed E-state index contributed by atoms with van der Waals surface area (Å²) in [6.45, 7) is 3.11. The number of benzene rings is 1. The molecule has 2 aliphatic rings. The third-order valence-electron chi connectivity index (χ3n) is 7.66. The topological polar surface area (TPSA) is 76.7 Å². The maximum absolute atomic E-state index is 16.2. The number of fused-ring (bicyclic) bond motifs is 1. The molecule has 1 aliphatic carbocycles. The van der Waals surface area contributed by atoms with E-state index in [1.54, 1.807) is 55.7 Å². The maximum atomic E-state index is 16.2. The minimum Gasteiger partial charge on any atom is -0.496 e. The first kappa shape index (κ1) is 24.5. The average molecular weight is 521 g/mol. The second-order valence-electron chi connectivity index (χ2n) is 10.4. The van der Waals surface area contributed by atoms with Crippen LogP contribution in [0.25, 0.3) is 22.7 Å². The summed E-state index contributed by atoms with van der Waals surface area (Å²) in [7, 11) is 3.54. The molecular weight excluding hydrogens is 490 g/mol. The number of hydrogen-bond donors (Lipinski definition) is 1. The van der Waals surface area contributed by atoms with E-state index in [-0.39, 0.29) is 11.6 Å². The van der Waals surface area contributed by atoms with E-state index in [2.05, 4.69) is 20.2 Å². The lowest BCUT2D eigenvalue weighted by Crippen LogP contribution is -2.38. The van der Waals surface area contributed by atoms with Crippen molar-refractivity contribution in [1.82, 2.24) is 29.2 Å². The van der Waals surface area contributed by atoms with Crippen LogP contribution in [-0.4, -0.2) is 63.0 Å². The molecule has 2 fully saturated rings. The second kappa shape index (κ2) is 9.20. The van der Waals surface area contributed by atoms with Gasteiger partial charge in [0, 0.05) is 43.2 Å². The number of rotatable bonds is 6. The van der Waals surface area contributed by atoms with Gasteiger partial charge in [0.15, 0.2) is 0 Å². The van der Waals surface area contributed by atoms with Gasteiger partial charge >= 0.3 is 0 Å². The van der Waals surface area contributed by atoms with Crippen molar-refractivity contribution in [3.8, 4) is 22.8 Å². The molecule has 1 saturated heterocycles. The Morgan fingerprint density at radius 3 is 2.63 bits per heavy atom. The molecule has 3 aromatic heterocycles. The van der Waals surface area contributed by atoms with Crippen LogP contribution in [0.1, 0.15) is 47.2 Å². The third-order valence-corrected chi connectivity index (χ3v) is 7.66. The van der Waals surface area contributed by atoms with Gasteiger partial charge in [0.25, 0.3) is 5.91 Å². The molecule has 38 heavy (non-hydrogen) atoms. The quantitative estimate of drug-likeness (QED) is 0.407. The number of hydrogen-bond acceptors (Lipinski definition) is 5. The first-order valence-corrected chi connectivity index (χ1v) is 12.8. The molecule has 0 unspecified atom stereocenters. The van der Waals surface area contributed by atoms with Crippen molar-refractivity contribution >= 4 is 11.6 Å². The first-order chi connectivity index (χ1) is 18.3. The number of likely N-dealkylation sites (tertiary alicyclic amines) is 1. The number of aryl methyl sites for hydroxylation is 1. The molecule has 0 atom stereocenters. The van der Waals surface area contributed by atoms with Crippen LogP contribution in [0.2, 0.25) is 0 Å². The number of pyridine rings is 1. The van der Waals surface area contributed by atoms with E-state index >= 15 is 4.39 Å². The van der Waals surface area contributed by atoms with Gasteiger partial charge in [-0.05, 0) is 57.4 Å². The molecule has 198 valence electrons. The fourth-order valence-electron chi connectivity index (χ4n) is 5.13. The van der Waals surface area contributed by atoms with Gasteiger partial charge in [-0.3, -0.25) is 9.20 Å². The fourth-order valence-corrected chi connectivity index (χ4v) is 5.13. The minimum atomic E-state index is -1.50. The normalized spacial score (nSPS) is 17.6. The highest BCUT2D eigenvalue weighted by Crippen LogP contribution is 2.42. The Kier molecular flexibility index (Phi) is 5.94. The standard InChI is InChI=1S/C28H30F2N6O2/c1-17-10-21(29)19(27(37)33-18-4-5-18)11-23(17)35-15-22(32-16-35)24-13-31-26-12-25(38-3)20(14-36(24)26)28(30)6-8-34(2)9-7-28/h10-16,18H,4-9H2,1-3H3,(H,33,37). The summed E-state index contributed by atoms with van der Waals surface area (Å²) < 4.78 is 40.0. The summed E-state index contributed by atoms with van der Waals surface area (Å²) >= 11 is 0. The van der Waals surface area contributed by atoms with Crippen LogP contribution in [0, 0.1) is 12.7 Å². The van der Waals surface area contributed by atoms with Gasteiger partial charge in [-0.2, -0.15) is 0 Å². The third kappa shape index (κ3) is 4.32. The molecule has 8 nitrogen and oxygen atoms in total. The maximum Gasteiger partial charge on any atom is 0.254 e. The zero-order valence-electron chi connectivity index (χ0n) is 21.7. The van der Waals surface area contributed by atoms with Crippen molar-refractivity contribution in [1.29, 1.82) is 0 Å². The lowest BCUT2D eigenvalue weighted by atomic mass is 9.86. The molecular formula is C28H30F2N6O2. The molecule has 0 radical (unpaired) electrons. The van der Waals surface area contributed by atoms with Crippen LogP contribution in [0.5, 0.6) is 5.75 Å². The molecule has 1 aromatic carbocycles. The zero-order chi connectivity index (χ0) is 26.6. The lowest BCUT2D eigenvalue weighted by molar-refractivity contribution is 0.0646. The molecule has 0 bridgehead atoms. The van der Waals surface area contributed by atoms with Gasteiger partial charge in [0.2, 0.25) is 0 Å². The highest BCUT2D eigenvalue weighted by atomic mass is 19.1. The first-order valence-electron chi connectivity index (χ1n) is 12.8. The number of alkyl halides is 1. The number of nitrogens with zero attached hydrogens (tertiary/aromatic N) is 5. The van der Waals surface area contributed by atoms with Crippen molar-refractivity contribution in [2.24, 2.45) is 0 Å². The summed E-state index contributed by atoms with van der Waals surface area (Å²) in [5.41, 5.74) is 2.23. The van der Waals surface area contributed by atoms with Crippen molar-refractivity contribution in [3.05, 3.63) is 65.6 Å². The van der Waals surface area contributed by atoms with Crippen LogP contribution in [0.15, 0.2) is 43.1 Å². The van der Waals surface area contributed by atoms with E-state index in [9.17, 15) is 9.18 Å². The molecule has 10 heteroatoms. The largest absolute Gasteiger partial charge is 0.496 e. The van der Waals surface area contributed by atoms with Crippen LogP contribution < -0.4 is 10.1 Å². The number of piperidine rings is 1. The summed E-state index contributed by atoms with van der Waals surface area (Å²) in [6.07, 6.45) is 9.48. The highest BCUT2D eigenvalue weighted by Gasteiger charge is 2.38. The number of carbonyl (C=O) groups excluding carboxylic acids is 1.